The number of amides is 1. The fourth-order valence-electron chi connectivity index (χ4n) is 1.88. The summed E-state index contributed by atoms with van der Waals surface area (Å²) >= 11 is 0. The van der Waals surface area contributed by atoms with Gasteiger partial charge in [0.05, 0.1) is 14.2 Å². The third-order valence-electron chi connectivity index (χ3n) is 2.87. The van der Waals surface area contributed by atoms with Crippen molar-refractivity contribution in [3.05, 3.63) is 40.3 Å². The van der Waals surface area contributed by atoms with Crippen LogP contribution in [-0.4, -0.2) is 24.7 Å². The number of methoxy groups -OCH3 is 1. The van der Waals surface area contributed by atoms with Gasteiger partial charge >= 0.3 is 0 Å². The van der Waals surface area contributed by atoms with Gasteiger partial charge in [0.2, 0.25) is 0 Å². The highest BCUT2D eigenvalue weighted by atomic mass is 16.6. The van der Waals surface area contributed by atoms with Crippen LogP contribution in [-0.2, 0) is 11.9 Å². The second-order valence-electron chi connectivity index (χ2n) is 3.98. The summed E-state index contributed by atoms with van der Waals surface area (Å²) in [7, 11) is 4.41. The van der Waals surface area contributed by atoms with Crippen LogP contribution < -0.4 is 15.8 Å². The van der Waals surface area contributed by atoms with E-state index in [2.05, 4.69) is 10.3 Å². The van der Waals surface area contributed by atoms with Crippen LogP contribution in [0, 0.1) is 0 Å². The van der Waals surface area contributed by atoms with Crippen LogP contribution in [0.3, 0.4) is 0 Å². The van der Waals surface area contributed by atoms with Crippen LogP contribution in [0.25, 0.3) is 10.8 Å². The SMILES string of the molecule is CONC(=O)c1cc2cc(OC)ccc2c(=O)n1C. The molecule has 0 spiro atoms. The van der Waals surface area contributed by atoms with Crippen LogP contribution in [0.2, 0.25) is 0 Å². The summed E-state index contributed by atoms with van der Waals surface area (Å²) in [6.45, 7) is 0. The molecule has 0 aliphatic heterocycles. The number of carbonyl (C=O) groups excluding carboxylic acids is 1. The Morgan fingerprint density at radius 3 is 2.63 bits per heavy atom. The standard InChI is InChI=1S/C13H14N2O4/c1-15-11(12(16)14-19-3)7-8-6-9(18-2)4-5-10(8)13(15)17/h4-7H,1-3H3,(H,14,16). The van der Waals surface area contributed by atoms with Crippen molar-refractivity contribution in [1.29, 1.82) is 0 Å². The summed E-state index contributed by atoms with van der Waals surface area (Å²) in [6.07, 6.45) is 0. The van der Waals surface area contributed by atoms with Crippen molar-refractivity contribution in [2.75, 3.05) is 14.2 Å². The number of aromatic nitrogens is 1. The lowest BCUT2D eigenvalue weighted by Gasteiger charge is -2.10. The highest BCUT2D eigenvalue weighted by Gasteiger charge is 2.13. The van der Waals surface area contributed by atoms with Crippen molar-refractivity contribution in [1.82, 2.24) is 10.0 Å². The topological polar surface area (TPSA) is 69.6 Å². The van der Waals surface area contributed by atoms with E-state index in [1.54, 1.807) is 31.4 Å². The number of carbonyl (C=O) groups is 1. The number of nitrogens with zero attached hydrogens (tertiary/aromatic N) is 1. The first-order valence-electron chi connectivity index (χ1n) is 5.59. The Morgan fingerprint density at radius 2 is 2.00 bits per heavy atom. The zero-order chi connectivity index (χ0) is 14.0. The summed E-state index contributed by atoms with van der Waals surface area (Å²) in [5.41, 5.74) is 2.16. The van der Waals surface area contributed by atoms with E-state index >= 15 is 0 Å². The van der Waals surface area contributed by atoms with E-state index in [4.69, 9.17) is 4.74 Å². The van der Waals surface area contributed by atoms with Crippen LogP contribution in [0.4, 0.5) is 0 Å². The predicted molar refractivity (Wildman–Crippen MR) is 70.2 cm³/mol. The van der Waals surface area contributed by atoms with Gasteiger partial charge in [0.25, 0.3) is 11.5 Å². The van der Waals surface area contributed by atoms with Gasteiger partial charge in [-0.1, -0.05) is 0 Å². The summed E-state index contributed by atoms with van der Waals surface area (Å²) in [5.74, 6) is 0.144. The van der Waals surface area contributed by atoms with Crippen LogP contribution in [0.5, 0.6) is 5.75 Å². The molecule has 0 atom stereocenters. The highest BCUT2D eigenvalue weighted by molar-refractivity contribution is 5.96. The van der Waals surface area contributed by atoms with Gasteiger partial charge in [0.1, 0.15) is 11.4 Å². The minimum atomic E-state index is -0.480. The van der Waals surface area contributed by atoms with Gasteiger partial charge in [0.15, 0.2) is 0 Å². The summed E-state index contributed by atoms with van der Waals surface area (Å²) < 4.78 is 6.39. The van der Waals surface area contributed by atoms with E-state index in [-0.39, 0.29) is 11.3 Å². The number of hydroxylamine groups is 1. The quantitative estimate of drug-likeness (QED) is 0.832. The first-order valence-corrected chi connectivity index (χ1v) is 5.59. The van der Waals surface area contributed by atoms with Crippen LogP contribution >= 0.6 is 0 Å². The lowest BCUT2D eigenvalue weighted by atomic mass is 10.1. The molecular formula is C13H14N2O4. The van der Waals surface area contributed by atoms with Crippen molar-refractivity contribution in [3.8, 4) is 5.75 Å². The molecule has 1 aromatic heterocycles. The zero-order valence-corrected chi connectivity index (χ0v) is 10.9. The molecular weight excluding hydrogens is 248 g/mol. The lowest BCUT2D eigenvalue weighted by Crippen LogP contribution is -2.30. The molecule has 1 N–H and O–H groups in total. The molecule has 2 aromatic rings. The molecule has 0 aliphatic carbocycles. The molecule has 0 saturated heterocycles. The first-order chi connectivity index (χ1) is 9.08. The zero-order valence-electron chi connectivity index (χ0n) is 10.9. The number of pyridine rings is 1. The molecule has 19 heavy (non-hydrogen) atoms. The van der Waals surface area contributed by atoms with Gasteiger partial charge in [-0.15, -0.1) is 0 Å². The van der Waals surface area contributed by atoms with Gasteiger partial charge in [-0.05, 0) is 29.7 Å². The number of hydrogen-bond acceptors (Lipinski definition) is 4. The first kappa shape index (κ1) is 13.1. The van der Waals surface area contributed by atoms with Crippen molar-refractivity contribution in [3.63, 3.8) is 0 Å². The Kier molecular flexibility index (Phi) is 3.52. The molecule has 0 bridgehead atoms. The van der Waals surface area contributed by atoms with E-state index in [0.717, 1.165) is 0 Å². The fraction of sp³-hybridized carbons (Fsp3) is 0.231. The smallest absolute Gasteiger partial charge is 0.291 e. The van der Waals surface area contributed by atoms with Crippen molar-refractivity contribution in [2.45, 2.75) is 0 Å². The van der Waals surface area contributed by atoms with Crippen LogP contribution in [0.15, 0.2) is 29.1 Å². The molecule has 2 rings (SSSR count). The Labute approximate surface area is 109 Å². The van der Waals surface area contributed by atoms with Crippen molar-refractivity contribution >= 4 is 16.7 Å². The Bertz CT molecular complexity index is 691. The molecule has 1 heterocycles. The number of rotatable bonds is 3. The molecule has 0 radical (unpaired) electrons. The van der Waals surface area contributed by atoms with Gasteiger partial charge in [-0.25, -0.2) is 5.48 Å². The maximum absolute atomic E-state index is 12.2. The maximum Gasteiger partial charge on any atom is 0.291 e. The van der Waals surface area contributed by atoms with Gasteiger partial charge in [-0.2, -0.15) is 0 Å². The second-order valence-corrected chi connectivity index (χ2v) is 3.98. The summed E-state index contributed by atoms with van der Waals surface area (Å²) in [6, 6.07) is 6.71. The highest BCUT2D eigenvalue weighted by Crippen LogP contribution is 2.19. The summed E-state index contributed by atoms with van der Waals surface area (Å²) in [4.78, 5) is 28.5. The Hall–Kier alpha value is -2.34. The normalized spacial score (nSPS) is 10.5. The molecule has 6 nitrogen and oxygen atoms in total. The molecule has 0 fully saturated rings. The third kappa shape index (κ3) is 2.30. The molecule has 1 aromatic carbocycles. The fourth-order valence-corrected chi connectivity index (χ4v) is 1.88. The van der Waals surface area contributed by atoms with E-state index < -0.39 is 5.91 Å². The Morgan fingerprint density at radius 1 is 1.26 bits per heavy atom. The average molecular weight is 262 g/mol. The molecule has 1 amide bonds. The Balaban J connectivity index is 2.70. The number of ether oxygens (including phenoxy) is 1. The van der Waals surface area contributed by atoms with E-state index in [1.165, 1.54) is 18.7 Å². The maximum atomic E-state index is 12.2. The van der Waals surface area contributed by atoms with Crippen molar-refractivity contribution < 1.29 is 14.4 Å². The van der Waals surface area contributed by atoms with E-state index in [1.807, 2.05) is 0 Å². The van der Waals surface area contributed by atoms with E-state index in [9.17, 15) is 9.59 Å². The molecule has 0 aliphatic rings. The monoisotopic (exact) mass is 262 g/mol. The molecule has 100 valence electrons. The van der Waals surface area contributed by atoms with Crippen LogP contribution in [0.1, 0.15) is 10.5 Å². The largest absolute Gasteiger partial charge is 0.497 e. The van der Waals surface area contributed by atoms with E-state index in [0.29, 0.717) is 16.5 Å². The average Bonchev–Trinajstić information content (AvgIpc) is 2.42. The van der Waals surface area contributed by atoms with Gasteiger partial charge in [-0.3, -0.25) is 14.4 Å². The number of fused-ring (bicyclic) bond motifs is 1. The third-order valence-corrected chi connectivity index (χ3v) is 2.87. The van der Waals surface area contributed by atoms with Crippen molar-refractivity contribution in [2.24, 2.45) is 7.05 Å². The predicted octanol–water partition coefficient (Wildman–Crippen LogP) is 0.838. The summed E-state index contributed by atoms with van der Waals surface area (Å²) in [5, 5.41) is 1.17. The van der Waals surface area contributed by atoms with Gasteiger partial charge < -0.3 is 9.30 Å². The number of benzene rings is 1. The lowest BCUT2D eigenvalue weighted by molar-refractivity contribution is 0.0528. The molecule has 0 unspecified atom stereocenters. The second kappa shape index (κ2) is 5.11. The van der Waals surface area contributed by atoms with Gasteiger partial charge in [0, 0.05) is 12.4 Å². The minimum absolute atomic E-state index is 0.215. The molecule has 6 heteroatoms. The molecule has 0 saturated carbocycles. The number of nitrogens with one attached hydrogen (secondary N) is 1. The minimum Gasteiger partial charge on any atom is -0.497 e. The number of hydrogen-bond donors (Lipinski definition) is 1.